The van der Waals surface area contributed by atoms with Crippen LogP contribution in [0.15, 0.2) is 77.7 Å². The van der Waals surface area contributed by atoms with E-state index in [9.17, 15) is 18.3 Å². The maximum atomic E-state index is 13.3. The van der Waals surface area contributed by atoms with Crippen molar-refractivity contribution in [1.82, 2.24) is 10.3 Å². The van der Waals surface area contributed by atoms with Crippen LogP contribution in [0.3, 0.4) is 0 Å². The number of carbonyl (C=O) groups excluding carboxylic acids is 1. The standard InChI is InChI=1S/C28H31N3O4S/c1-18(32)17-29-27(33)26-25(19-8-6-5-7-9-19)23-16-22(14-15-24(23)30-26)36(34,35)31-21-12-10-20(11-13-21)28(2,3)4/h5-16,18,30-32H,17H2,1-4H3,(H,29,33). The number of benzene rings is 3. The monoisotopic (exact) mass is 505 g/mol. The Kier molecular flexibility index (Phi) is 6.93. The minimum Gasteiger partial charge on any atom is -0.392 e. The summed E-state index contributed by atoms with van der Waals surface area (Å²) in [6.45, 7) is 7.98. The molecule has 188 valence electrons. The molecule has 1 unspecified atom stereocenters. The molecule has 36 heavy (non-hydrogen) atoms. The largest absolute Gasteiger partial charge is 0.392 e. The summed E-state index contributed by atoms with van der Waals surface area (Å²) in [5, 5.41) is 12.9. The summed E-state index contributed by atoms with van der Waals surface area (Å²) >= 11 is 0. The van der Waals surface area contributed by atoms with Gasteiger partial charge in [-0.15, -0.1) is 0 Å². The van der Waals surface area contributed by atoms with Crippen LogP contribution >= 0.6 is 0 Å². The molecule has 0 saturated carbocycles. The van der Waals surface area contributed by atoms with Gasteiger partial charge in [0.05, 0.1) is 11.0 Å². The van der Waals surface area contributed by atoms with Crippen molar-refractivity contribution in [2.24, 2.45) is 0 Å². The molecule has 8 heteroatoms. The lowest BCUT2D eigenvalue weighted by Gasteiger charge is -2.19. The second-order valence-electron chi connectivity index (χ2n) is 9.94. The minimum absolute atomic E-state index is 0.0379. The van der Waals surface area contributed by atoms with E-state index in [4.69, 9.17) is 0 Å². The predicted molar refractivity (Wildman–Crippen MR) is 144 cm³/mol. The van der Waals surface area contributed by atoms with E-state index >= 15 is 0 Å². The van der Waals surface area contributed by atoms with Crippen LogP contribution in [0.4, 0.5) is 5.69 Å². The Bertz CT molecular complexity index is 1480. The molecule has 0 radical (unpaired) electrons. The molecule has 0 bridgehead atoms. The minimum atomic E-state index is -3.88. The number of amides is 1. The van der Waals surface area contributed by atoms with Crippen molar-refractivity contribution in [2.75, 3.05) is 11.3 Å². The molecule has 0 aliphatic carbocycles. The predicted octanol–water partition coefficient (Wildman–Crippen LogP) is 5.04. The molecule has 1 amide bonds. The molecule has 1 atom stereocenters. The average molecular weight is 506 g/mol. The summed E-state index contributed by atoms with van der Waals surface area (Å²) < 4.78 is 29.2. The Morgan fingerprint density at radius 1 is 1.00 bits per heavy atom. The lowest BCUT2D eigenvalue weighted by atomic mass is 9.87. The third-order valence-electron chi connectivity index (χ3n) is 5.93. The van der Waals surface area contributed by atoms with Crippen LogP contribution in [0.2, 0.25) is 0 Å². The van der Waals surface area contributed by atoms with Gasteiger partial charge in [0.25, 0.3) is 15.9 Å². The zero-order valence-corrected chi connectivity index (χ0v) is 21.6. The van der Waals surface area contributed by atoms with Crippen molar-refractivity contribution in [3.05, 3.63) is 84.1 Å². The van der Waals surface area contributed by atoms with Crippen LogP contribution in [0.1, 0.15) is 43.7 Å². The summed E-state index contributed by atoms with van der Waals surface area (Å²) in [7, 11) is -3.88. The Labute approximate surface area is 211 Å². The number of H-pyrrole nitrogens is 1. The number of rotatable bonds is 7. The fraction of sp³-hybridized carbons (Fsp3) is 0.250. The number of fused-ring (bicyclic) bond motifs is 1. The first-order valence-electron chi connectivity index (χ1n) is 11.8. The van der Waals surface area contributed by atoms with Gasteiger partial charge >= 0.3 is 0 Å². The molecule has 4 rings (SSSR count). The van der Waals surface area contributed by atoms with Gasteiger partial charge in [-0.05, 0) is 53.8 Å². The number of nitrogens with one attached hydrogen (secondary N) is 3. The zero-order valence-electron chi connectivity index (χ0n) is 20.8. The molecule has 0 aliphatic rings. The Hall–Kier alpha value is -3.62. The Morgan fingerprint density at radius 3 is 2.28 bits per heavy atom. The van der Waals surface area contributed by atoms with Gasteiger partial charge in [0.1, 0.15) is 5.69 Å². The van der Waals surface area contributed by atoms with E-state index < -0.39 is 16.1 Å². The third kappa shape index (κ3) is 5.45. The topological polar surface area (TPSA) is 111 Å². The van der Waals surface area contributed by atoms with Crippen molar-refractivity contribution in [2.45, 2.75) is 44.1 Å². The van der Waals surface area contributed by atoms with Crippen LogP contribution in [-0.2, 0) is 15.4 Å². The fourth-order valence-electron chi connectivity index (χ4n) is 3.99. The highest BCUT2D eigenvalue weighted by Gasteiger charge is 2.22. The molecule has 4 aromatic rings. The molecule has 7 nitrogen and oxygen atoms in total. The number of hydrogen-bond donors (Lipinski definition) is 4. The van der Waals surface area contributed by atoms with E-state index in [1.54, 1.807) is 31.2 Å². The SMILES string of the molecule is CC(O)CNC(=O)c1[nH]c2ccc(S(=O)(=O)Nc3ccc(C(C)(C)C)cc3)cc2c1-c1ccccc1. The number of aromatic amines is 1. The van der Waals surface area contributed by atoms with Gasteiger partial charge in [0.2, 0.25) is 0 Å². The number of carbonyl (C=O) groups is 1. The first-order chi connectivity index (χ1) is 17.0. The summed E-state index contributed by atoms with van der Waals surface area (Å²) in [6, 6.07) is 21.4. The lowest BCUT2D eigenvalue weighted by molar-refractivity contribution is 0.0920. The molecule has 3 aromatic carbocycles. The van der Waals surface area contributed by atoms with E-state index in [-0.39, 0.29) is 22.8 Å². The highest BCUT2D eigenvalue weighted by molar-refractivity contribution is 7.92. The lowest BCUT2D eigenvalue weighted by Crippen LogP contribution is -2.31. The van der Waals surface area contributed by atoms with Gasteiger partial charge < -0.3 is 15.4 Å². The van der Waals surface area contributed by atoms with Gasteiger partial charge in [-0.25, -0.2) is 8.42 Å². The van der Waals surface area contributed by atoms with Crippen LogP contribution in [0.5, 0.6) is 0 Å². The molecule has 0 fully saturated rings. The highest BCUT2D eigenvalue weighted by Crippen LogP contribution is 2.34. The van der Waals surface area contributed by atoms with E-state index in [0.717, 1.165) is 11.1 Å². The van der Waals surface area contributed by atoms with Gasteiger partial charge in [-0.2, -0.15) is 0 Å². The molecule has 1 aromatic heterocycles. The van der Waals surface area contributed by atoms with Crippen molar-refractivity contribution in [3.63, 3.8) is 0 Å². The van der Waals surface area contributed by atoms with Gasteiger partial charge in [0.15, 0.2) is 0 Å². The number of sulfonamides is 1. The van der Waals surface area contributed by atoms with Crippen molar-refractivity contribution >= 4 is 32.5 Å². The van der Waals surface area contributed by atoms with E-state index in [0.29, 0.717) is 27.8 Å². The smallest absolute Gasteiger partial charge is 0.268 e. The first kappa shape index (κ1) is 25.5. The van der Waals surface area contributed by atoms with Gasteiger partial charge in [-0.3, -0.25) is 9.52 Å². The molecule has 1 heterocycles. The van der Waals surface area contributed by atoms with Crippen molar-refractivity contribution < 1.29 is 18.3 Å². The second kappa shape index (κ2) is 9.79. The molecule has 0 saturated heterocycles. The van der Waals surface area contributed by atoms with Crippen LogP contribution in [0, 0.1) is 0 Å². The zero-order chi connectivity index (χ0) is 26.1. The second-order valence-corrected chi connectivity index (χ2v) is 11.6. The maximum Gasteiger partial charge on any atom is 0.268 e. The number of aromatic nitrogens is 1. The normalized spacial score (nSPS) is 12.9. The van der Waals surface area contributed by atoms with E-state index in [1.165, 1.54) is 6.07 Å². The summed E-state index contributed by atoms with van der Waals surface area (Å²) in [4.78, 5) is 16.2. The highest BCUT2D eigenvalue weighted by atomic mass is 32.2. The van der Waals surface area contributed by atoms with Crippen LogP contribution in [0.25, 0.3) is 22.0 Å². The molecule has 0 spiro atoms. The summed E-state index contributed by atoms with van der Waals surface area (Å²) in [5.74, 6) is -0.382. The van der Waals surface area contributed by atoms with Gasteiger partial charge in [-0.1, -0.05) is 63.2 Å². The van der Waals surface area contributed by atoms with E-state index in [2.05, 4.69) is 35.8 Å². The van der Waals surface area contributed by atoms with Crippen LogP contribution < -0.4 is 10.0 Å². The average Bonchev–Trinajstić information content (AvgIpc) is 3.21. The van der Waals surface area contributed by atoms with Crippen molar-refractivity contribution in [3.8, 4) is 11.1 Å². The molecule has 4 N–H and O–H groups in total. The maximum absolute atomic E-state index is 13.3. The summed E-state index contributed by atoms with van der Waals surface area (Å²) in [6.07, 6.45) is -0.696. The third-order valence-corrected chi connectivity index (χ3v) is 7.31. The van der Waals surface area contributed by atoms with Crippen molar-refractivity contribution in [1.29, 1.82) is 0 Å². The fourth-order valence-corrected chi connectivity index (χ4v) is 5.08. The number of aliphatic hydroxyl groups is 1. The van der Waals surface area contributed by atoms with Gasteiger partial charge in [0, 0.05) is 28.7 Å². The summed E-state index contributed by atoms with van der Waals surface area (Å²) in [5.41, 5.74) is 3.84. The number of hydrogen-bond acceptors (Lipinski definition) is 4. The molecular weight excluding hydrogens is 474 g/mol. The Balaban J connectivity index is 1.75. The first-order valence-corrected chi connectivity index (χ1v) is 13.2. The molecule has 0 aliphatic heterocycles. The van der Waals surface area contributed by atoms with E-state index in [1.807, 2.05) is 42.5 Å². The quantitative estimate of drug-likeness (QED) is 0.282. The Morgan fingerprint density at radius 2 is 1.67 bits per heavy atom. The van der Waals surface area contributed by atoms with Crippen LogP contribution in [-0.4, -0.2) is 37.1 Å². The number of anilines is 1. The number of aliphatic hydroxyl groups excluding tert-OH is 1. The molecular formula is C28H31N3O4S.